The molecule has 0 amide bonds. The summed E-state index contributed by atoms with van der Waals surface area (Å²) in [4.78, 5) is 7.27. The lowest BCUT2D eigenvalue weighted by molar-refractivity contribution is 0.0730. The van der Waals surface area contributed by atoms with Gasteiger partial charge in [0.1, 0.15) is 10.7 Å². The van der Waals surface area contributed by atoms with Gasteiger partial charge >= 0.3 is 0 Å². The normalized spacial score (nSPS) is 23.9. The summed E-state index contributed by atoms with van der Waals surface area (Å²) >= 11 is 0. The Morgan fingerprint density at radius 3 is 2.38 bits per heavy atom. The van der Waals surface area contributed by atoms with Crippen LogP contribution in [0.5, 0.6) is 0 Å². The van der Waals surface area contributed by atoms with Crippen LogP contribution in [0.1, 0.15) is 44.9 Å². The van der Waals surface area contributed by atoms with Gasteiger partial charge in [-0.15, -0.1) is 0 Å². The van der Waals surface area contributed by atoms with Crippen LogP contribution in [0.15, 0.2) is 23.2 Å². The monoisotopic (exact) mass is 422 g/mol. The second kappa shape index (κ2) is 9.73. The molecular weight excluding hydrogens is 388 g/mol. The lowest BCUT2D eigenvalue weighted by atomic mass is 9.88. The summed E-state index contributed by atoms with van der Waals surface area (Å²) in [6.07, 6.45) is 10.7. The maximum Gasteiger partial charge on any atom is 0.244 e. The molecule has 1 saturated carbocycles. The van der Waals surface area contributed by atoms with Crippen LogP contribution in [0.25, 0.3) is 0 Å². The minimum Gasteiger partial charge on any atom is -0.379 e. The van der Waals surface area contributed by atoms with E-state index < -0.39 is 10.0 Å². The fourth-order valence-electron chi connectivity index (χ4n) is 4.76. The van der Waals surface area contributed by atoms with Crippen molar-refractivity contribution in [1.29, 1.82) is 0 Å². The number of likely N-dealkylation sites (tertiary alicyclic amines) is 1. The van der Waals surface area contributed by atoms with Gasteiger partial charge < -0.3 is 15.0 Å². The molecule has 29 heavy (non-hydrogen) atoms. The van der Waals surface area contributed by atoms with Gasteiger partial charge in [0.25, 0.3) is 0 Å². The molecule has 1 aliphatic carbocycles. The van der Waals surface area contributed by atoms with Gasteiger partial charge in [0.15, 0.2) is 0 Å². The molecule has 1 N–H and O–H groups in total. The lowest BCUT2D eigenvalue weighted by Gasteiger charge is -2.35. The lowest BCUT2D eigenvalue weighted by Crippen LogP contribution is -2.41. The van der Waals surface area contributed by atoms with E-state index in [4.69, 9.17) is 4.74 Å². The topological polar surface area (TPSA) is 74.8 Å². The SMILES string of the molecule is O=S(=O)(c1ccc(NC2CCN(CC3CCCCC3)CC2)nc1)N1CCOCC1. The van der Waals surface area contributed by atoms with Crippen LogP contribution in [0.2, 0.25) is 0 Å². The molecule has 2 saturated heterocycles. The summed E-state index contributed by atoms with van der Waals surface area (Å²) in [5, 5.41) is 3.50. The van der Waals surface area contributed by atoms with E-state index in [2.05, 4.69) is 15.2 Å². The van der Waals surface area contributed by atoms with E-state index in [0.29, 0.717) is 32.3 Å². The summed E-state index contributed by atoms with van der Waals surface area (Å²) in [6.45, 7) is 5.25. The Kier molecular flexibility index (Phi) is 7.05. The van der Waals surface area contributed by atoms with Crippen molar-refractivity contribution in [3.05, 3.63) is 18.3 Å². The molecule has 0 radical (unpaired) electrons. The highest BCUT2D eigenvalue weighted by Crippen LogP contribution is 2.26. The average Bonchev–Trinajstić information content (AvgIpc) is 2.77. The maximum atomic E-state index is 12.7. The number of aromatic nitrogens is 1. The number of rotatable bonds is 6. The Hall–Kier alpha value is -1.22. The number of hydrogen-bond donors (Lipinski definition) is 1. The van der Waals surface area contributed by atoms with E-state index in [1.54, 1.807) is 12.1 Å². The van der Waals surface area contributed by atoms with Crippen molar-refractivity contribution in [2.24, 2.45) is 5.92 Å². The van der Waals surface area contributed by atoms with E-state index in [1.165, 1.54) is 49.2 Å². The zero-order chi connectivity index (χ0) is 20.1. The van der Waals surface area contributed by atoms with Crippen molar-refractivity contribution < 1.29 is 13.2 Å². The highest BCUT2D eigenvalue weighted by Gasteiger charge is 2.27. The Morgan fingerprint density at radius 1 is 1.00 bits per heavy atom. The van der Waals surface area contributed by atoms with Gasteiger partial charge in [-0.2, -0.15) is 4.31 Å². The summed E-state index contributed by atoms with van der Waals surface area (Å²) < 4.78 is 32.1. The van der Waals surface area contributed by atoms with Crippen LogP contribution in [0.4, 0.5) is 5.82 Å². The molecule has 1 aromatic heterocycles. The smallest absolute Gasteiger partial charge is 0.244 e. The van der Waals surface area contributed by atoms with E-state index in [9.17, 15) is 8.42 Å². The van der Waals surface area contributed by atoms with E-state index in [1.807, 2.05) is 0 Å². The van der Waals surface area contributed by atoms with Crippen molar-refractivity contribution in [3.8, 4) is 0 Å². The third kappa shape index (κ3) is 5.48. The number of nitrogens with one attached hydrogen (secondary N) is 1. The highest BCUT2D eigenvalue weighted by atomic mass is 32.2. The van der Waals surface area contributed by atoms with Gasteiger partial charge in [0.05, 0.1) is 13.2 Å². The molecule has 8 heteroatoms. The molecule has 7 nitrogen and oxygen atoms in total. The zero-order valence-corrected chi connectivity index (χ0v) is 18.1. The van der Waals surface area contributed by atoms with Crippen LogP contribution in [0.3, 0.4) is 0 Å². The molecule has 0 unspecified atom stereocenters. The predicted octanol–water partition coefficient (Wildman–Crippen LogP) is 2.56. The third-order valence-electron chi connectivity index (χ3n) is 6.52. The molecule has 0 aromatic carbocycles. The van der Waals surface area contributed by atoms with Crippen molar-refractivity contribution in [2.45, 2.75) is 55.9 Å². The molecule has 3 heterocycles. The molecule has 0 atom stereocenters. The van der Waals surface area contributed by atoms with Gasteiger partial charge in [-0.1, -0.05) is 19.3 Å². The minimum absolute atomic E-state index is 0.257. The van der Waals surface area contributed by atoms with Crippen molar-refractivity contribution in [1.82, 2.24) is 14.2 Å². The second-order valence-corrected chi connectivity index (χ2v) is 10.6. The molecule has 0 bridgehead atoms. The van der Waals surface area contributed by atoms with Crippen LogP contribution < -0.4 is 5.32 Å². The fourth-order valence-corrected chi connectivity index (χ4v) is 6.11. The number of pyridine rings is 1. The number of ether oxygens (including phenoxy) is 1. The van der Waals surface area contributed by atoms with E-state index >= 15 is 0 Å². The van der Waals surface area contributed by atoms with Crippen LogP contribution in [0, 0.1) is 5.92 Å². The maximum absolute atomic E-state index is 12.7. The Labute approximate surface area is 174 Å². The van der Waals surface area contributed by atoms with Gasteiger partial charge in [-0.3, -0.25) is 0 Å². The number of hydrogen-bond acceptors (Lipinski definition) is 6. The minimum atomic E-state index is -3.48. The largest absolute Gasteiger partial charge is 0.379 e. The van der Waals surface area contributed by atoms with Crippen LogP contribution in [-0.2, 0) is 14.8 Å². The molecular formula is C21H34N4O3S. The standard InChI is InChI=1S/C21H34N4O3S/c26-29(27,25-12-14-28-15-13-25)20-6-7-21(22-16-20)23-19-8-10-24(11-9-19)17-18-4-2-1-3-5-18/h6-7,16,18-19H,1-5,8-15,17H2,(H,22,23). The molecule has 4 rings (SSSR count). The first kappa shape index (κ1) is 21.0. The molecule has 2 aliphatic heterocycles. The Morgan fingerprint density at radius 2 is 1.72 bits per heavy atom. The number of anilines is 1. The average molecular weight is 423 g/mol. The first-order chi connectivity index (χ1) is 14.1. The van der Waals surface area contributed by atoms with Crippen molar-refractivity contribution >= 4 is 15.8 Å². The molecule has 3 fully saturated rings. The summed E-state index contributed by atoms with van der Waals surface area (Å²) in [6, 6.07) is 3.87. The summed E-state index contributed by atoms with van der Waals surface area (Å²) in [7, 11) is -3.48. The number of sulfonamides is 1. The second-order valence-electron chi connectivity index (χ2n) is 8.62. The number of nitrogens with zero attached hydrogens (tertiary/aromatic N) is 3. The van der Waals surface area contributed by atoms with Crippen molar-refractivity contribution in [3.63, 3.8) is 0 Å². The Bertz CT molecular complexity index is 736. The number of piperidine rings is 1. The van der Waals surface area contributed by atoms with E-state index in [0.717, 1.165) is 37.7 Å². The summed E-state index contributed by atoms with van der Waals surface area (Å²) in [5.41, 5.74) is 0. The highest BCUT2D eigenvalue weighted by molar-refractivity contribution is 7.89. The fraction of sp³-hybridized carbons (Fsp3) is 0.762. The molecule has 3 aliphatic rings. The molecule has 0 spiro atoms. The zero-order valence-electron chi connectivity index (χ0n) is 17.3. The first-order valence-electron chi connectivity index (χ1n) is 11.1. The van der Waals surface area contributed by atoms with E-state index in [-0.39, 0.29) is 4.90 Å². The first-order valence-corrected chi connectivity index (χ1v) is 12.6. The third-order valence-corrected chi connectivity index (χ3v) is 8.41. The van der Waals surface area contributed by atoms with Crippen LogP contribution in [-0.4, -0.2) is 74.6 Å². The van der Waals surface area contributed by atoms with Gasteiger partial charge in [0, 0.05) is 45.0 Å². The number of morpholine rings is 1. The molecule has 162 valence electrons. The molecule has 1 aromatic rings. The van der Waals surface area contributed by atoms with Gasteiger partial charge in [-0.25, -0.2) is 13.4 Å². The quantitative estimate of drug-likeness (QED) is 0.759. The summed E-state index contributed by atoms with van der Waals surface area (Å²) in [5.74, 6) is 1.66. The Balaban J connectivity index is 1.26. The van der Waals surface area contributed by atoms with Gasteiger partial charge in [0.2, 0.25) is 10.0 Å². The predicted molar refractivity (Wildman–Crippen MR) is 113 cm³/mol. The van der Waals surface area contributed by atoms with Crippen LogP contribution >= 0.6 is 0 Å². The van der Waals surface area contributed by atoms with Gasteiger partial charge in [-0.05, 0) is 43.7 Å². The van der Waals surface area contributed by atoms with Crippen molar-refractivity contribution in [2.75, 3.05) is 51.3 Å².